The van der Waals surface area contributed by atoms with Crippen molar-refractivity contribution in [1.82, 2.24) is 14.5 Å². The van der Waals surface area contributed by atoms with Crippen molar-refractivity contribution in [3.8, 4) is 18.4 Å². The normalized spacial score (nSPS) is 14.9. The van der Waals surface area contributed by atoms with Crippen LogP contribution < -0.4 is 10.5 Å². The Labute approximate surface area is 201 Å². The van der Waals surface area contributed by atoms with E-state index in [2.05, 4.69) is 22.7 Å². The highest BCUT2D eigenvalue weighted by Crippen LogP contribution is 2.34. The number of aromatic nitrogens is 2. The SMILES string of the molecule is C#CCn1c(=O)c([N+](=O)[O-])c(N2CCN(C(CC)c3ccc(F)cc3)CC2)c2nc(C#N)ccc21. The van der Waals surface area contributed by atoms with Gasteiger partial charge in [-0.05, 0) is 36.2 Å². The topological polar surface area (TPSA) is 108 Å². The van der Waals surface area contributed by atoms with Gasteiger partial charge in [0.1, 0.15) is 23.1 Å². The Balaban J connectivity index is 1.75. The lowest BCUT2D eigenvalue weighted by molar-refractivity contribution is -0.385. The minimum Gasteiger partial charge on any atom is -0.361 e. The summed E-state index contributed by atoms with van der Waals surface area (Å²) in [7, 11) is 0. The second-order valence-electron chi connectivity index (χ2n) is 8.22. The van der Waals surface area contributed by atoms with E-state index in [1.165, 1.54) is 18.2 Å². The maximum Gasteiger partial charge on any atom is 0.359 e. The molecule has 0 saturated carbocycles. The highest BCUT2D eigenvalue weighted by atomic mass is 19.1. The van der Waals surface area contributed by atoms with Gasteiger partial charge in [-0.3, -0.25) is 24.4 Å². The summed E-state index contributed by atoms with van der Waals surface area (Å²) >= 11 is 0. The largest absolute Gasteiger partial charge is 0.361 e. The average Bonchev–Trinajstić information content (AvgIpc) is 2.87. The third kappa shape index (κ3) is 4.44. The molecule has 2 aromatic heterocycles. The Morgan fingerprint density at radius 2 is 1.89 bits per heavy atom. The van der Waals surface area contributed by atoms with E-state index in [1.807, 2.05) is 6.07 Å². The molecule has 0 amide bonds. The molecule has 3 aromatic rings. The zero-order chi connectivity index (χ0) is 25.1. The van der Waals surface area contributed by atoms with Gasteiger partial charge >= 0.3 is 11.2 Å². The Bertz CT molecular complexity index is 1410. The molecule has 1 aliphatic heterocycles. The smallest absolute Gasteiger partial charge is 0.359 e. The molecule has 1 fully saturated rings. The summed E-state index contributed by atoms with van der Waals surface area (Å²) in [6, 6.07) is 11.4. The number of fused-ring (bicyclic) bond motifs is 1. The predicted octanol–water partition coefficient (Wildman–Crippen LogP) is 3.22. The number of rotatable bonds is 6. The molecule has 1 unspecified atom stereocenters. The first-order chi connectivity index (χ1) is 16.9. The first-order valence-corrected chi connectivity index (χ1v) is 11.2. The molecule has 9 nitrogen and oxygen atoms in total. The molecule has 0 radical (unpaired) electrons. The first kappa shape index (κ1) is 23.9. The number of pyridine rings is 2. The highest BCUT2D eigenvalue weighted by Gasteiger charge is 2.33. The quantitative estimate of drug-likeness (QED) is 0.307. The van der Waals surface area contributed by atoms with E-state index in [0.717, 1.165) is 16.6 Å². The van der Waals surface area contributed by atoms with Crippen LogP contribution in [0.4, 0.5) is 15.8 Å². The Kier molecular flexibility index (Phi) is 6.76. The molecule has 0 bridgehead atoms. The van der Waals surface area contributed by atoms with Crippen molar-refractivity contribution >= 4 is 22.4 Å². The number of nitriles is 1. The number of terminal acetylenes is 1. The van der Waals surface area contributed by atoms with Gasteiger partial charge in [0.15, 0.2) is 5.69 Å². The molecule has 35 heavy (non-hydrogen) atoms. The first-order valence-electron chi connectivity index (χ1n) is 11.2. The van der Waals surface area contributed by atoms with Crippen LogP contribution >= 0.6 is 0 Å². The molecule has 0 spiro atoms. The number of benzene rings is 1. The Morgan fingerprint density at radius 1 is 1.20 bits per heavy atom. The minimum atomic E-state index is -0.804. The van der Waals surface area contributed by atoms with Crippen molar-refractivity contribution in [3.63, 3.8) is 0 Å². The summed E-state index contributed by atoms with van der Waals surface area (Å²) in [5, 5.41) is 21.4. The fourth-order valence-corrected chi connectivity index (χ4v) is 4.72. The van der Waals surface area contributed by atoms with E-state index in [-0.39, 0.29) is 35.3 Å². The highest BCUT2D eigenvalue weighted by molar-refractivity contribution is 5.94. The second-order valence-corrected chi connectivity index (χ2v) is 8.22. The molecular weight excluding hydrogens is 451 g/mol. The number of hydrogen-bond donors (Lipinski definition) is 0. The maximum atomic E-state index is 13.4. The van der Waals surface area contributed by atoms with E-state index < -0.39 is 16.2 Å². The predicted molar refractivity (Wildman–Crippen MR) is 129 cm³/mol. The Hall–Kier alpha value is -4.28. The van der Waals surface area contributed by atoms with Crippen LogP contribution in [-0.2, 0) is 6.54 Å². The van der Waals surface area contributed by atoms with Crippen molar-refractivity contribution in [1.29, 1.82) is 5.26 Å². The van der Waals surface area contributed by atoms with Gasteiger partial charge in [0, 0.05) is 32.2 Å². The van der Waals surface area contributed by atoms with Crippen LogP contribution in [0.15, 0.2) is 41.2 Å². The van der Waals surface area contributed by atoms with Crippen LogP contribution in [0.25, 0.3) is 11.0 Å². The zero-order valence-corrected chi connectivity index (χ0v) is 19.1. The van der Waals surface area contributed by atoms with Gasteiger partial charge in [0.05, 0.1) is 17.0 Å². The Morgan fingerprint density at radius 3 is 2.46 bits per heavy atom. The molecule has 1 atom stereocenters. The van der Waals surface area contributed by atoms with Gasteiger partial charge < -0.3 is 4.90 Å². The molecule has 10 heteroatoms. The molecule has 1 aliphatic rings. The van der Waals surface area contributed by atoms with Crippen molar-refractivity contribution in [3.05, 3.63) is 73.9 Å². The lowest BCUT2D eigenvalue weighted by Gasteiger charge is -2.40. The van der Waals surface area contributed by atoms with Gasteiger partial charge in [0.25, 0.3) is 0 Å². The van der Waals surface area contributed by atoms with Crippen LogP contribution in [0.2, 0.25) is 0 Å². The molecule has 4 rings (SSSR count). The van der Waals surface area contributed by atoms with Gasteiger partial charge in [-0.25, -0.2) is 9.37 Å². The van der Waals surface area contributed by atoms with Gasteiger partial charge in [-0.2, -0.15) is 5.26 Å². The van der Waals surface area contributed by atoms with E-state index >= 15 is 0 Å². The van der Waals surface area contributed by atoms with E-state index in [9.17, 15) is 24.6 Å². The minimum absolute atomic E-state index is 0.0661. The van der Waals surface area contributed by atoms with Crippen molar-refractivity contribution < 1.29 is 9.31 Å². The summed E-state index contributed by atoms with van der Waals surface area (Å²) in [4.78, 5) is 32.8. The summed E-state index contributed by atoms with van der Waals surface area (Å²) in [6.45, 7) is 3.85. The number of nitrogens with zero attached hydrogens (tertiary/aromatic N) is 6. The van der Waals surface area contributed by atoms with Crippen molar-refractivity contribution in [2.24, 2.45) is 0 Å². The van der Waals surface area contributed by atoms with E-state index in [4.69, 9.17) is 6.42 Å². The summed E-state index contributed by atoms with van der Waals surface area (Å²) in [5.74, 6) is 2.06. The number of hydrogen-bond acceptors (Lipinski definition) is 7. The number of nitro groups is 1. The van der Waals surface area contributed by atoms with Crippen LogP contribution in [0.1, 0.15) is 30.6 Å². The van der Waals surface area contributed by atoms with Crippen LogP contribution in [0, 0.1) is 39.6 Å². The summed E-state index contributed by atoms with van der Waals surface area (Å²) < 4.78 is 14.5. The number of anilines is 1. The molecule has 0 N–H and O–H groups in total. The van der Waals surface area contributed by atoms with Gasteiger partial charge in [-0.1, -0.05) is 25.0 Å². The lowest BCUT2D eigenvalue weighted by atomic mass is 10.0. The van der Waals surface area contributed by atoms with Crippen LogP contribution in [0.3, 0.4) is 0 Å². The third-order valence-corrected chi connectivity index (χ3v) is 6.32. The zero-order valence-electron chi connectivity index (χ0n) is 19.1. The second kappa shape index (κ2) is 9.92. The summed E-state index contributed by atoms with van der Waals surface area (Å²) in [5.41, 5.74) is 0.319. The molecule has 1 saturated heterocycles. The van der Waals surface area contributed by atoms with Crippen molar-refractivity contribution in [2.45, 2.75) is 25.9 Å². The van der Waals surface area contributed by atoms with Gasteiger partial charge in [0.2, 0.25) is 0 Å². The maximum absolute atomic E-state index is 13.4. The van der Waals surface area contributed by atoms with Crippen LogP contribution in [0.5, 0.6) is 0 Å². The van der Waals surface area contributed by atoms with Crippen molar-refractivity contribution in [2.75, 3.05) is 31.1 Å². The van der Waals surface area contributed by atoms with E-state index in [0.29, 0.717) is 31.7 Å². The third-order valence-electron chi connectivity index (χ3n) is 6.32. The molecule has 3 heterocycles. The fraction of sp³-hybridized carbons (Fsp3) is 0.320. The summed E-state index contributed by atoms with van der Waals surface area (Å²) in [6.07, 6.45) is 6.22. The molecular formula is C25H23FN6O3. The number of piperazine rings is 1. The molecule has 1 aromatic carbocycles. The lowest BCUT2D eigenvalue weighted by Crippen LogP contribution is -2.48. The number of halogens is 1. The molecule has 0 aliphatic carbocycles. The fourth-order valence-electron chi connectivity index (χ4n) is 4.72. The van der Waals surface area contributed by atoms with Crippen LogP contribution in [-0.4, -0.2) is 45.6 Å². The van der Waals surface area contributed by atoms with E-state index in [1.54, 1.807) is 23.1 Å². The standard InChI is InChI=1S/C25H23FN6O3/c1-3-11-31-21-10-9-19(16-27)28-22(21)23(24(25(31)33)32(34)35)30-14-12-29(13-15-30)20(4-2)17-5-7-18(26)8-6-17/h1,5-10,20H,4,11-15H2,2H3. The monoisotopic (exact) mass is 474 g/mol. The molecule has 178 valence electrons. The average molecular weight is 474 g/mol. The van der Waals surface area contributed by atoms with Gasteiger partial charge in [-0.15, -0.1) is 6.42 Å².